The van der Waals surface area contributed by atoms with Gasteiger partial charge in [0, 0.05) is 10.5 Å². The summed E-state index contributed by atoms with van der Waals surface area (Å²) in [5.41, 5.74) is -1.22. The van der Waals surface area contributed by atoms with Crippen molar-refractivity contribution in [3.05, 3.63) is 33.8 Å². The Hall–Kier alpha value is -1.04. The van der Waals surface area contributed by atoms with E-state index in [2.05, 4.69) is 21.2 Å². The molecule has 0 bridgehead atoms. The summed E-state index contributed by atoms with van der Waals surface area (Å²) >= 11 is 3.00. The lowest BCUT2D eigenvalue weighted by atomic mass is 9.95. The number of alkyl halides is 3. The Balaban J connectivity index is 2.20. The fourth-order valence-corrected chi connectivity index (χ4v) is 2.82. The molecule has 0 aliphatic heterocycles. The lowest BCUT2D eigenvalue weighted by molar-refractivity contribution is -0.138. The zero-order valence-corrected chi connectivity index (χ0v) is 12.4. The van der Waals surface area contributed by atoms with Crippen molar-refractivity contribution in [2.45, 2.75) is 44.3 Å². The number of hydrogen-bond acceptors (Lipinski definition) is 1. The van der Waals surface area contributed by atoms with Crippen molar-refractivity contribution >= 4 is 21.8 Å². The van der Waals surface area contributed by atoms with E-state index in [0.717, 1.165) is 38.2 Å². The molecule has 0 spiro atoms. The van der Waals surface area contributed by atoms with Gasteiger partial charge in [-0.15, -0.1) is 0 Å². The highest BCUT2D eigenvalue weighted by Crippen LogP contribution is 2.34. The molecule has 0 atom stereocenters. The van der Waals surface area contributed by atoms with Gasteiger partial charge in [0.15, 0.2) is 0 Å². The summed E-state index contributed by atoms with van der Waals surface area (Å²) in [7, 11) is 0. The van der Waals surface area contributed by atoms with Gasteiger partial charge >= 0.3 is 6.18 Å². The van der Waals surface area contributed by atoms with Crippen LogP contribution in [0, 0.1) is 0 Å². The van der Waals surface area contributed by atoms with Gasteiger partial charge in [0.25, 0.3) is 5.91 Å². The van der Waals surface area contributed by atoms with Crippen LogP contribution in [0.2, 0.25) is 0 Å². The molecule has 0 heterocycles. The molecule has 0 saturated heterocycles. The Morgan fingerprint density at radius 3 is 2.45 bits per heavy atom. The first-order valence-electron chi connectivity index (χ1n) is 6.55. The fraction of sp³-hybridized carbons (Fsp3) is 0.500. The van der Waals surface area contributed by atoms with Crippen molar-refractivity contribution in [3.8, 4) is 0 Å². The molecule has 1 amide bonds. The maximum atomic E-state index is 13.0. The molecule has 110 valence electrons. The molecule has 20 heavy (non-hydrogen) atoms. The van der Waals surface area contributed by atoms with Crippen molar-refractivity contribution in [2.24, 2.45) is 0 Å². The van der Waals surface area contributed by atoms with E-state index in [0.29, 0.717) is 4.47 Å². The maximum absolute atomic E-state index is 13.0. The Labute approximate surface area is 123 Å². The molecule has 1 aliphatic rings. The van der Waals surface area contributed by atoms with Crippen LogP contribution in [0.25, 0.3) is 0 Å². The summed E-state index contributed by atoms with van der Waals surface area (Å²) in [5, 5.41) is 2.71. The second-order valence-corrected chi connectivity index (χ2v) is 5.91. The third kappa shape index (κ3) is 3.75. The number of rotatable bonds is 2. The standard InChI is InChI=1S/C14H15BrF3NO/c15-9-6-7-11(12(8-9)14(16,17)18)13(20)19-10-4-2-1-3-5-10/h6-8,10H,1-5H2,(H,19,20). The van der Waals surface area contributed by atoms with Gasteiger partial charge in [-0.3, -0.25) is 4.79 Å². The molecule has 0 aromatic heterocycles. The highest BCUT2D eigenvalue weighted by Gasteiger charge is 2.35. The second-order valence-electron chi connectivity index (χ2n) is 5.00. The Kier molecular flexibility index (Phi) is 4.73. The van der Waals surface area contributed by atoms with E-state index in [1.54, 1.807) is 0 Å². The molecule has 2 nitrogen and oxygen atoms in total. The van der Waals surface area contributed by atoms with Crippen LogP contribution in [-0.4, -0.2) is 11.9 Å². The van der Waals surface area contributed by atoms with Crippen LogP contribution in [0.15, 0.2) is 22.7 Å². The van der Waals surface area contributed by atoms with Crippen LogP contribution >= 0.6 is 15.9 Å². The first-order chi connectivity index (χ1) is 9.38. The lowest BCUT2D eigenvalue weighted by Gasteiger charge is -2.23. The first-order valence-corrected chi connectivity index (χ1v) is 7.35. The van der Waals surface area contributed by atoms with E-state index in [1.165, 1.54) is 12.1 Å². The molecule has 2 rings (SSSR count). The number of carbonyl (C=O) groups excluding carboxylic acids is 1. The molecule has 6 heteroatoms. The van der Waals surface area contributed by atoms with Crippen molar-refractivity contribution in [1.82, 2.24) is 5.32 Å². The highest BCUT2D eigenvalue weighted by molar-refractivity contribution is 9.10. The smallest absolute Gasteiger partial charge is 0.349 e. The van der Waals surface area contributed by atoms with Gasteiger partial charge in [-0.05, 0) is 31.0 Å². The van der Waals surface area contributed by atoms with Crippen molar-refractivity contribution < 1.29 is 18.0 Å². The SMILES string of the molecule is O=C(NC1CCCCC1)c1ccc(Br)cc1C(F)(F)F. The van der Waals surface area contributed by atoms with Crippen LogP contribution in [0.1, 0.15) is 48.0 Å². The number of benzene rings is 1. The van der Waals surface area contributed by atoms with Crippen molar-refractivity contribution in [2.75, 3.05) is 0 Å². The Morgan fingerprint density at radius 1 is 1.20 bits per heavy atom. The van der Waals surface area contributed by atoms with Gasteiger partial charge < -0.3 is 5.32 Å². The number of carbonyl (C=O) groups is 1. The molecular weight excluding hydrogens is 335 g/mol. The first kappa shape index (κ1) is 15.4. The van der Waals surface area contributed by atoms with Gasteiger partial charge in [-0.25, -0.2) is 0 Å². The van der Waals surface area contributed by atoms with Crippen molar-refractivity contribution in [3.63, 3.8) is 0 Å². The molecule has 1 fully saturated rings. The molecule has 1 aliphatic carbocycles. The third-order valence-electron chi connectivity index (χ3n) is 3.47. The quantitative estimate of drug-likeness (QED) is 0.834. The number of hydrogen-bond donors (Lipinski definition) is 1. The molecule has 1 aromatic carbocycles. The average Bonchev–Trinajstić information content (AvgIpc) is 2.38. The van der Waals surface area contributed by atoms with Crippen LogP contribution in [0.4, 0.5) is 13.2 Å². The minimum absolute atomic E-state index is 0.0130. The molecule has 0 radical (unpaired) electrons. The van der Waals surface area contributed by atoms with E-state index in [1.807, 2.05) is 0 Å². The lowest BCUT2D eigenvalue weighted by Crippen LogP contribution is -2.37. The summed E-state index contributed by atoms with van der Waals surface area (Å²) < 4.78 is 39.2. The number of halogens is 4. The maximum Gasteiger partial charge on any atom is 0.417 e. The average molecular weight is 350 g/mol. The minimum atomic E-state index is -4.54. The third-order valence-corrected chi connectivity index (χ3v) is 3.97. The van der Waals surface area contributed by atoms with E-state index in [4.69, 9.17) is 0 Å². The van der Waals surface area contributed by atoms with Gasteiger partial charge in [0.2, 0.25) is 0 Å². The predicted molar refractivity (Wildman–Crippen MR) is 73.5 cm³/mol. The van der Waals surface area contributed by atoms with E-state index >= 15 is 0 Å². The molecule has 1 saturated carbocycles. The molecule has 1 N–H and O–H groups in total. The second kappa shape index (κ2) is 6.16. The van der Waals surface area contributed by atoms with E-state index < -0.39 is 17.6 Å². The summed E-state index contributed by atoms with van der Waals surface area (Å²) in [5.74, 6) is -0.642. The summed E-state index contributed by atoms with van der Waals surface area (Å²) in [6.45, 7) is 0. The number of nitrogens with one attached hydrogen (secondary N) is 1. The predicted octanol–water partition coefficient (Wildman–Crippen LogP) is 4.53. The Morgan fingerprint density at radius 2 is 1.85 bits per heavy atom. The monoisotopic (exact) mass is 349 g/mol. The van der Waals surface area contributed by atoms with E-state index in [9.17, 15) is 18.0 Å². The normalized spacial score (nSPS) is 17.0. The molecule has 0 unspecified atom stereocenters. The van der Waals surface area contributed by atoms with Crippen LogP contribution in [-0.2, 0) is 6.18 Å². The molecule has 1 aromatic rings. The van der Waals surface area contributed by atoms with Gasteiger partial charge in [0.05, 0.1) is 11.1 Å². The summed E-state index contributed by atoms with van der Waals surface area (Å²) in [6, 6.07) is 3.59. The van der Waals surface area contributed by atoms with Gasteiger partial charge in [-0.1, -0.05) is 35.2 Å². The largest absolute Gasteiger partial charge is 0.417 e. The zero-order chi connectivity index (χ0) is 14.8. The van der Waals surface area contributed by atoms with Crippen molar-refractivity contribution in [1.29, 1.82) is 0 Å². The minimum Gasteiger partial charge on any atom is -0.349 e. The molecular formula is C14H15BrF3NO. The Bertz CT molecular complexity index is 496. The van der Waals surface area contributed by atoms with Gasteiger partial charge in [-0.2, -0.15) is 13.2 Å². The highest BCUT2D eigenvalue weighted by atomic mass is 79.9. The number of amides is 1. The van der Waals surface area contributed by atoms with Crippen LogP contribution < -0.4 is 5.32 Å². The van der Waals surface area contributed by atoms with Gasteiger partial charge in [0.1, 0.15) is 0 Å². The van der Waals surface area contributed by atoms with Crippen LogP contribution in [0.3, 0.4) is 0 Å². The van der Waals surface area contributed by atoms with Crippen LogP contribution in [0.5, 0.6) is 0 Å². The van der Waals surface area contributed by atoms with E-state index in [-0.39, 0.29) is 11.6 Å². The zero-order valence-electron chi connectivity index (χ0n) is 10.8. The summed E-state index contributed by atoms with van der Waals surface area (Å²) in [4.78, 5) is 12.1. The topological polar surface area (TPSA) is 29.1 Å². The fourth-order valence-electron chi connectivity index (χ4n) is 2.46. The summed E-state index contributed by atoms with van der Waals surface area (Å²) in [6.07, 6.45) is 0.281.